The van der Waals surface area contributed by atoms with E-state index in [9.17, 15) is 4.79 Å². The number of hydrogen-bond donors (Lipinski definition) is 0. The van der Waals surface area contributed by atoms with Gasteiger partial charge in [0.15, 0.2) is 0 Å². The molecular weight excluding hydrogens is 154 g/mol. The summed E-state index contributed by atoms with van der Waals surface area (Å²) in [4.78, 5) is 14.5. The molecule has 0 aromatic heterocycles. The molecule has 50 valence electrons. The van der Waals surface area contributed by atoms with Gasteiger partial charge in [0.25, 0.3) is 5.91 Å². The van der Waals surface area contributed by atoms with E-state index in [4.69, 9.17) is 0 Å². The van der Waals surface area contributed by atoms with Crippen molar-refractivity contribution in [2.45, 2.75) is 12.2 Å². The van der Waals surface area contributed by atoms with Crippen molar-refractivity contribution in [3.05, 3.63) is 0 Å². The summed E-state index contributed by atoms with van der Waals surface area (Å²) in [5.41, 5.74) is 0. The lowest BCUT2D eigenvalue weighted by molar-refractivity contribution is -0.116. The molecule has 0 spiro atoms. The van der Waals surface area contributed by atoms with Gasteiger partial charge in [0.2, 0.25) is 0 Å². The van der Waals surface area contributed by atoms with Crippen molar-refractivity contribution < 1.29 is 4.79 Å². The minimum absolute atomic E-state index is 0.00403. The molecule has 1 atom stereocenters. The largest absolute Gasteiger partial charge is 0.271 e. The first kappa shape index (κ1) is 7.15. The van der Waals surface area contributed by atoms with E-state index in [0.29, 0.717) is 0 Å². The van der Waals surface area contributed by atoms with Gasteiger partial charge >= 0.3 is 0 Å². The summed E-state index contributed by atoms with van der Waals surface area (Å²) >= 11 is 3.07. The van der Waals surface area contributed by atoms with Crippen LogP contribution in [0.1, 0.15) is 6.92 Å². The Morgan fingerprint density at radius 3 is 2.67 bits per heavy atom. The zero-order valence-electron chi connectivity index (χ0n) is 5.25. The maximum Gasteiger partial charge on any atom is 0.260 e. The van der Waals surface area contributed by atoms with Crippen molar-refractivity contribution in [1.82, 2.24) is 0 Å². The summed E-state index contributed by atoms with van der Waals surface area (Å²) in [5, 5.41) is 0.0486. The Bertz CT molecular complexity index is 166. The molecule has 9 heavy (non-hydrogen) atoms. The Hall–Kier alpha value is 0.0400. The first-order valence-electron chi connectivity index (χ1n) is 2.57. The van der Waals surface area contributed by atoms with Crippen molar-refractivity contribution in [1.29, 1.82) is 0 Å². The van der Waals surface area contributed by atoms with E-state index in [1.807, 2.05) is 13.2 Å². The van der Waals surface area contributed by atoms with Crippen molar-refractivity contribution in [3.63, 3.8) is 0 Å². The molecule has 0 aromatic carbocycles. The molecule has 1 aliphatic rings. The Labute approximate surface area is 62.5 Å². The van der Waals surface area contributed by atoms with Crippen LogP contribution in [0.15, 0.2) is 4.99 Å². The third-order valence-electron chi connectivity index (χ3n) is 1.00. The summed E-state index contributed by atoms with van der Waals surface area (Å²) in [6.45, 7) is 1.87. The summed E-state index contributed by atoms with van der Waals surface area (Å²) in [6, 6.07) is 0. The first-order valence-corrected chi connectivity index (χ1v) is 4.67. The van der Waals surface area contributed by atoms with Crippen molar-refractivity contribution in [2.75, 3.05) is 6.26 Å². The SMILES string of the molecule is CSC1=NC(=O)[C@H](C)S1. The molecule has 1 heterocycles. The van der Waals surface area contributed by atoms with Crippen LogP contribution < -0.4 is 0 Å². The van der Waals surface area contributed by atoms with Gasteiger partial charge < -0.3 is 0 Å². The average Bonchev–Trinajstić information content (AvgIpc) is 2.13. The number of nitrogens with zero attached hydrogens (tertiary/aromatic N) is 1. The van der Waals surface area contributed by atoms with Gasteiger partial charge in [-0.25, -0.2) is 0 Å². The Morgan fingerprint density at radius 2 is 2.44 bits per heavy atom. The van der Waals surface area contributed by atoms with Gasteiger partial charge in [0, 0.05) is 0 Å². The predicted molar refractivity (Wildman–Crippen MR) is 43.0 cm³/mol. The number of amides is 1. The molecule has 0 aliphatic carbocycles. The van der Waals surface area contributed by atoms with Crippen LogP contribution in [0.2, 0.25) is 0 Å². The van der Waals surface area contributed by atoms with Crippen LogP contribution in [-0.2, 0) is 4.79 Å². The first-order chi connectivity index (χ1) is 4.24. The van der Waals surface area contributed by atoms with Crippen LogP contribution in [-0.4, -0.2) is 21.8 Å². The van der Waals surface area contributed by atoms with Gasteiger partial charge in [-0.2, -0.15) is 4.99 Å². The highest BCUT2D eigenvalue weighted by molar-refractivity contribution is 8.39. The highest BCUT2D eigenvalue weighted by atomic mass is 32.2. The van der Waals surface area contributed by atoms with Crippen LogP contribution in [0.25, 0.3) is 0 Å². The second-order valence-electron chi connectivity index (χ2n) is 1.68. The number of carbonyl (C=O) groups excluding carboxylic acids is 1. The Kier molecular flexibility index (Phi) is 2.18. The standard InChI is InChI=1S/C5H7NOS2/c1-3-4(7)6-5(8-2)9-3/h3H,1-2H3/t3-/m0/s1. The lowest BCUT2D eigenvalue weighted by atomic mass is 10.5. The number of aliphatic imine (C=N–C) groups is 1. The maximum absolute atomic E-state index is 10.7. The molecule has 4 heteroatoms. The fraction of sp³-hybridized carbons (Fsp3) is 0.600. The van der Waals surface area contributed by atoms with Gasteiger partial charge in [-0.05, 0) is 13.2 Å². The predicted octanol–water partition coefficient (Wildman–Crippen LogP) is 1.37. The monoisotopic (exact) mass is 161 g/mol. The summed E-state index contributed by atoms with van der Waals surface area (Å²) in [6.07, 6.45) is 1.93. The quantitative estimate of drug-likeness (QED) is 0.537. The normalized spacial score (nSPS) is 26.7. The minimum atomic E-state index is 0.00403. The molecule has 0 saturated heterocycles. The van der Waals surface area contributed by atoms with E-state index in [2.05, 4.69) is 4.99 Å². The van der Waals surface area contributed by atoms with E-state index in [0.717, 1.165) is 4.38 Å². The number of thioether (sulfide) groups is 2. The Balaban J connectivity index is 2.62. The average molecular weight is 161 g/mol. The second kappa shape index (κ2) is 2.75. The van der Waals surface area contributed by atoms with E-state index in [-0.39, 0.29) is 11.2 Å². The number of hydrogen-bond acceptors (Lipinski definition) is 3. The number of carbonyl (C=O) groups is 1. The lowest BCUT2D eigenvalue weighted by Gasteiger charge is -1.92. The van der Waals surface area contributed by atoms with E-state index in [1.165, 1.54) is 23.5 Å². The molecule has 0 bridgehead atoms. The minimum Gasteiger partial charge on any atom is -0.271 e. The third kappa shape index (κ3) is 1.49. The molecule has 1 aliphatic heterocycles. The van der Waals surface area contributed by atoms with Crippen LogP contribution in [0.3, 0.4) is 0 Å². The van der Waals surface area contributed by atoms with Gasteiger partial charge in [0.05, 0.1) is 5.25 Å². The highest BCUT2D eigenvalue weighted by Gasteiger charge is 2.22. The van der Waals surface area contributed by atoms with E-state index < -0.39 is 0 Å². The van der Waals surface area contributed by atoms with E-state index in [1.54, 1.807) is 0 Å². The molecule has 0 fully saturated rings. The summed E-state index contributed by atoms with van der Waals surface area (Å²) in [5.74, 6) is 0.00403. The van der Waals surface area contributed by atoms with Gasteiger partial charge in [0.1, 0.15) is 4.38 Å². The zero-order valence-corrected chi connectivity index (χ0v) is 6.88. The highest BCUT2D eigenvalue weighted by Crippen LogP contribution is 2.26. The topological polar surface area (TPSA) is 29.4 Å². The fourth-order valence-electron chi connectivity index (χ4n) is 0.503. The molecule has 0 radical (unpaired) electrons. The zero-order chi connectivity index (χ0) is 6.85. The second-order valence-corrected chi connectivity index (χ2v) is 4.06. The summed E-state index contributed by atoms with van der Waals surface area (Å²) in [7, 11) is 0. The fourth-order valence-corrected chi connectivity index (χ4v) is 2.10. The molecule has 1 amide bonds. The molecule has 0 unspecified atom stereocenters. The molecule has 0 N–H and O–H groups in total. The van der Waals surface area contributed by atoms with Crippen LogP contribution >= 0.6 is 23.5 Å². The van der Waals surface area contributed by atoms with Gasteiger partial charge in [-0.1, -0.05) is 11.8 Å². The third-order valence-corrected chi connectivity index (χ3v) is 3.08. The van der Waals surface area contributed by atoms with Crippen molar-refractivity contribution in [3.8, 4) is 0 Å². The molecule has 0 saturated carbocycles. The van der Waals surface area contributed by atoms with Crippen molar-refractivity contribution >= 4 is 33.8 Å². The molecule has 0 aromatic rings. The maximum atomic E-state index is 10.7. The Morgan fingerprint density at radius 1 is 1.78 bits per heavy atom. The lowest BCUT2D eigenvalue weighted by Crippen LogP contribution is -2.02. The van der Waals surface area contributed by atoms with Crippen LogP contribution in [0.5, 0.6) is 0 Å². The van der Waals surface area contributed by atoms with Crippen molar-refractivity contribution in [2.24, 2.45) is 4.99 Å². The smallest absolute Gasteiger partial charge is 0.260 e. The number of rotatable bonds is 0. The summed E-state index contributed by atoms with van der Waals surface area (Å²) < 4.78 is 0.896. The van der Waals surface area contributed by atoms with E-state index >= 15 is 0 Å². The molecular formula is C5H7NOS2. The molecule has 2 nitrogen and oxygen atoms in total. The molecule has 1 rings (SSSR count). The van der Waals surface area contributed by atoms with Crippen LogP contribution in [0, 0.1) is 0 Å². The van der Waals surface area contributed by atoms with Crippen LogP contribution in [0.4, 0.5) is 0 Å². The van der Waals surface area contributed by atoms with Gasteiger partial charge in [-0.15, -0.1) is 11.8 Å². The van der Waals surface area contributed by atoms with Gasteiger partial charge in [-0.3, -0.25) is 4.79 Å².